The molecule has 5 nitrogen and oxygen atoms in total. The topological polar surface area (TPSA) is 87.7 Å². The van der Waals surface area contributed by atoms with Gasteiger partial charge in [0.15, 0.2) is 5.84 Å². The Morgan fingerprint density at radius 1 is 1.44 bits per heavy atom. The van der Waals surface area contributed by atoms with E-state index in [4.69, 9.17) is 10.9 Å². The van der Waals surface area contributed by atoms with Crippen molar-refractivity contribution in [2.24, 2.45) is 16.8 Å². The summed E-state index contributed by atoms with van der Waals surface area (Å²) in [5.41, 5.74) is 5.49. The first-order valence-electron chi connectivity index (χ1n) is 5.78. The predicted molar refractivity (Wildman–Crippen MR) is 64.3 cm³/mol. The second-order valence-electron chi connectivity index (χ2n) is 4.37. The molecule has 0 fully saturated rings. The summed E-state index contributed by atoms with van der Waals surface area (Å²) in [5, 5.41) is 14.3. The third kappa shape index (κ3) is 6.27. The summed E-state index contributed by atoms with van der Waals surface area (Å²) in [4.78, 5) is 11.5. The highest BCUT2D eigenvalue weighted by Crippen LogP contribution is 2.04. The molecule has 0 radical (unpaired) electrons. The van der Waals surface area contributed by atoms with Crippen LogP contribution in [-0.2, 0) is 4.79 Å². The molecular formula is C11H23N3O2. The van der Waals surface area contributed by atoms with Crippen LogP contribution in [0.3, 0.4) is 0 Å². The van der Waals surface area contributed by atoms with Crippen molar-refractivity contribution in [2.75, 3.05) is 0 Å². The summed E-state index contributed by atoms with van der Waals surface area (Å²) in [6, 6.07) is -0.352. The third-order valence-corrected chi connectivity index (χ3v) is 2.33. The second kappa shape index (κ2) is 7.96. The average molecular weight is 229 g/mol. The molecule has 0 aromatic rings. The first kappa shape index (κ1) is 14.7. The van der Waals surface area contributed by atoms with Gasteiger partial charge in [0.25, 0.3) is 0 Å². The molecule has 16 heavy (non-hydrogen) atoms. The molecule has 94 valence electrons. The van der Waals surface area contributed by atoms with Crippen molar-refractivity contribution in [3.63, 3.8) is 0 Å². The largest absolute Gasteiger partial charge is 0.409 e. The van der Waals surface area contributed by atoms with Gasteiger partial charge in [-0.05, 0) is 18.8 Å². The molecule has 0 heterocycles. The monoisotopic (exact) mass is 229 g/mol. The van der Waals surface area contributed by atoms with Crippen LogP contribution in [0.15, 0.2) is 5.16 Å². The van der Waals surface area contributed by atoms with Gasteiger partial charge in [-0.25, -0.2) is 0 Å². The van der Waals surface area contributed by atoms with E-state index in [1.54, 1.807) is 0 Å². The van der Waals surface area contributed by atoms with E-state index in [2.05, 4.69) is 24.3 Å². The lowest BCUT2D eigenvalue weighted by Gasteiger charge is -2.16. The molecule has 0 aliphatic carbocycles. The van der Waals surface area contributed by atoms with Gasteiger partial charge in [-0.2, -0.15) is 0 Å². The first-order valence-corrected chi connectivity index (χ1v) is 5.78. The van der Waals surface area contributed by atoms with Crippen LogP contribution in [0.25, 0.3) is 0 Å². The van der Waals surface area contributed by atoms with Crippen molar-refractivity contribution in [1.29, 1.82) is 0 Å². The van der Waals surface area contributed by atoms with Crippen LogP contribution in [0.4, 0.5) is 0 Å². The number of nitrogens with one attached hydrogen (secondary N) is 1. The van der Waals surface area contributed by atoms with Crippen molar-refractivity contribution in [3.8, 4) is 0 Å². The van der Waals surface area contributed by atoms with Gasteiger partial charge in [-0.15, -0.1) is 0 Å². The van der Waals surface area contributed by atoms with Crippen LogP contribution >= 0.6 is 0 Å². The maximum Gasteiger partial charge on any atom is 0.220 e. The van der Waals surface area contributed by atoms with Gasteiger partial charge in [0.05, 0.1) is 6.04 Å². The molecular weight excluding hydrogens is 206 g/mol. The molecule has 0 spiro atoms. The van der Waals surface area contributed by atoms with Crippen molar-refractivity contribution in [2.45, 2.75) is 52.5 Å². The number of hydrogen-bond donors (Lipinski definition) is 3. The van der Waals surface area contributed by atoms with Gasteiger partial charge in [-0.3, -0.25) is 4.79 Å². The number of oxime groups is 1. The number of amidine groups is 1. The Bertz CT molecular complexity index is 239. The molecule has 1 unspecified atom stereocenters. The van der Waals surface area contributed by atoms with E-state index in [0.717, 1.165) is 12.8 Å². The Morgan fingerprint density at radius 2 is 2.06 bits per heavy atom. The summed E-state index contributed by atoms with van der Waals surface area (Å²) in [5.74, 6) is 0.526. The van der Waals surface area contributed by atoms with E-state index in [1.807, 2.05) is 6.92 Å². The van der Waals surface area contributed by atoms with Crippen LogP contribution in [0.5, 0.6) is 0 Å². The first-order chi connectivity index (χ1) is 7.51. The number of amides is 1. The average Bonchev–Trinajstić information content (AvgIpc) is 2.24. The number of rotatable bonds is 7. The number of nitrogens with zero attached hydrogens (tertiary/aromatic N) is 1. The van der Waals surface area contributed by atoms with Crippen LogP contribution in [0, 0.1) is 5.92 Å². The van der Waals surface area contributed by atoms with Crippen LogP contribution < -0.4 is 11.1 Å². The zero-order valence-corrected chi connectivity index (χ0v) is 10.4. The molecule has 0 bridgehead atoms. The highest BCUT2D eigenvalue weighted by atomic mass is 16.4. The van der Waals surface area contributed by atoms with E-state index in [9.17, 15) is 4.79 Å². The molecule has 0 saturated carbocycles. The minimum absolute atomic E-state index is 0.0428. The van der Waals surface area contributed by atoms with E-state index in [0.29, 0.717) is 18.8 Å². The number of carbonyl (C=O) groups is 1. The highest BCUT2D eigenvalue weighted by molar-refractivity contribution is 5.89. The quantitative estimate of drug-likeness (QED) is 0.267. The molecule has 4 N–H and O–H groups in total. The summed E-state index contributed by atoms with van der Waals surface area (Å²) < 4.78 is 0. The minimum atomic E-state index is -0.352. The van der Waals surface area contributed by atoms with E-state index in [-0.39, 0.29) is 17.8 Å². The maximum atomic E-state index is 11.5. The molecule has 1 atom stereocenters. The summed E-state index contributed by atoms with van der Waals surface area (Å²) in [7, 11) is 0. The minimum Gasteiger partial charge on any atom is -0.409 e. The number of hydrogen-bond acceptors (Lipinski definition) is 3. The summed E-state index contributed by atoms with van der Waals surface area (Å²) >= 11 is 0. The fourth-order valence-corrected chi connectivity index (χ4v) is 1.34. The number of carbonyl (C=O) groups excluding carboxylic acids is 1. The van der Waals surface area contributed by atoms with Gasteiger partial charge in [0.2, 0.25) is 5.91 Å². The Hall–Kier alpha value is -1.26. The summed E-state index contributed by atoms with van der Waals surface area (Å²) in [6.07, 6.45) is 2.88. The zero-order chi connectivity index (χ0) is 12.6. The van der Waals surface area contributed by atoms with Crippen molar-refractivity contribution < 1.29 is 10.0 Å². The molecule has 0 rings (SSSR count). The van der Waals surface area contributed by atoms with Crippen molar-refractivity contribution >= 4 is 11.7 Å². The SMILES string of the molecule is CCCC(NC(=O)CCC(C)C)/C(N)=N/O. The van der Waals surface area contributed by atoms with Gasteiger partial charge in [0, 0.05) is 6.42 Å². The summed E-state index contributed by atoms with van der Waals surface area (Å²) in [6.45, 7) is 6.12. The Balaban J connectivity index is 4.13. The zero-order valence-electron chi connectivity index (χ0n) is 10.4. The smallest absolute Gasteiger partial charge is 0.220 e. The highest BCUT2D eigenvalue weighted by Gasteiger charge is 2.15. The maximum absolute atomic E-state index is 11.5. The van der Waals surface area contributed by atoms with E-state index >= 15 is 0 Å². The van der Waals surface area contributed by atoms with Crippen molar-refractivity contribution in [3.05, 3.63) is 0 Å². The fraction of sp³-hybridized carbons (Fsp3) is 0.818. The molecule has 0 aliphatic rings. The molecule has 1 amide bonds. The fourth-order valence-electron chi connectivity index (χ4n) is 1.34. The number of nitrogens with two attached hydrogens (primary N) is 1. The molecule has 0 aromatic heterocycles. The standard InChI is InChI=1S/C11H23N3O2/c1-4-5-9(11(12)14-16)13-10(15)7-6-8(2)3/h8-9,16H,4-7H2,1-3H3,(H2,12,14)(H,13,15). The molecule has 0 saturated heterocycles. The lowest BCUT2D eigenvalue weighted by Crippen LogP contribution is -2.44. The Morgan fingerprint density at radius 3 is 2.50 bits per heavy atom. The van der Waals surface area contributed by atoms with Crippen molar-refractivity contribution in [1.82, 2.24) is 5.32 Å². The molecule has 5 heteroatoms. The van der Waals surface area contributed by atoms with E-state index in [1.165, 1.54) is 0 Å². The van der Waals surface area contributed by atoms with E-state index < -0.39 is 0 Å². The van der Waals surface area contributed by atoms with Gasteiger partial charge >= 0.3 is 0 Å². The second-order valence-corrected chi connectivity index (χ2v) is 4.37. The van der Waals surface area contributed by atoms with Gasteiger partial charge in [0.1, 0.15) is 0 Å². The molecule has 0 aliphatic heterocycles. The third-order valence-electron chi connectivity index (χ3n) is 2.33. The lowest BCUT2D eigenvalue weighted by molar-refractivity contribution is -0.121. The Kier molecular flexibility index (Phi) is 7.33. The Labute approximate surface area is 97.1 Å². The molecule has 0 aromatic carbocycles. The van der Waals surface area contributed by atoms with Crippen LogP contribution in [0.2, 0.25) is 0 Å². The normalized spacial score (nSPS) is 13.9. The van der Waals surface area contributed by atoms with Gasteiger partial charge < -0.3 is 16.3 Å². The van der Waals surface area contributed by atoms with Crippen LogP contribution in [-0.4, -0.2) is 23.0 Å². The predicted octanol–water partition coefficient (Wildman–Crippen LogP) is 1.45. The van der Waals surface area contributed by atoms with Gasteiger partial charge in [-0.1, -0.05) is 32.3 Å². The lowest BCUT2D eigenvalue weighted by atomic mass is 10.1. The van der Waals surface area contributed by atoms with Crippen LogP contribution in [0.1, 0.15) is 46.5 Å².